The number of carbonyl (C=O) groups excluding carboxylic acids is 4. The van der Waals surface area contributed by atoms with E-state index in [1.807, 2.05) is 0 Å². The van der Waals surface area contributed by atoms with Gasteiger partial charge in [-0.25, -0.2) is 14.5 Å². The standard InChI is InChI=1S/C25H23ClN10O8S3/c1-35-25(31-33-34-35)47-8-11-7-45-22-17(21(41)36(22)18(11)23(42)43)30-20(40)16(14-9-46-24(29-14)28-10-37)32-44-5-4-27-19(39)13-6-12(26)2-3-15(13)38/h2-3,6,9-10,17,22,38H,4-5,7-8H2,1H3,(H,27,39)(H,30,40)(H,42,43)(H,28,29,37)/b32-16+/t17?,22-/m1/s1. The van der Waals surface area contributed by atoms with Gasteiger partial charge in [0.1, 0.15) is 35.2 Å². The van der Waals surface area contributed by atoms with E-state index >= 15 is 0 Å². The summed E-state index contributed by atoms with van der Waals surface area (Å²) in [5.41, 5.74) is -0.0342. The Bertz CT molecular complexity index is 1800. The molecule has 1 fully saturated rings. The molecule has 5 rings (SSSR count). The summed E-state index contributed by atoms with van der Waals surface area (Å²) in [6.07, 6.45) is 0.406. The average molecular weight is 723 g/mol. The quantitative estimate of drug-likeness (QED) is 0.0375. The van der Waals surface area contributed by atoms with E-state index in [-0.39, 0.29) is 63.2 Å². The molecule has 0 radical (unpaired) electrons. The molecule has 5 N–H and O–H groups in total. The Morgan fingerprint density at radius 3 is 2.85 bits per heavy atom. The molecule has 22 heteroatoms. The van der Waals surface area contributed by atoms with Crippen LogP contribution in [-0.4, -0.2) is 112 Å². The van der Waals surface area contributed by atoms with Gasteiger partial charge in [-0.1, -0.05) is 28.5 Å². The SMILES string of the molecule is Cn1nnnc1SCC1=C(C(=O)O)N2C(=O)C(NC(=O)/C(=N/OCCNC(=O)c3cc(Cl)ccc3O)c3csc(NC=O)n3)[C@H]2SC1. The summed E-state index contributed by atoms with van der Waals surface area (Å²) in [6, 6.07) is 2.91. The van der Waals surface area contributed by atoms with Gasteiger partial charge in [-0.05, 0) is 34.2 Å². The van der Waals surface area contributed by atoms with E-state index in [1.54, 1.807) is 7.05 Å². The number of thioether (sulfide) groups is 2. The van der Waals surface area contributed by atoms with E-state index in [9.17, 15) is 34.2 Å². The molecule has 2 aliphatic rings. The van der Waals surface area contributed by atoms with Crippen molar-refractivity contribution in [3.63, 3.8) is 0 Å². The first-order chi connectivity index (χ1) is 22.6. The Morgan fingerprint density at radius 2 is 2.13 bits per heavy atom. The Labute approximate surface area is 281 Å². The van der Waals surface area contributed by atoms with Crippen LogP contribution in [0.3, 0.4) is 0 Å². The lowest BCUT2D eigenvalue weighted by Gasteiger charge is -2.49. The number of fused-ring (bicyclic) bond motifs is 1. The zero-order valence-electron chi connectivity index (χ0n) is 23.9. The van der Waals surface area contributed by atoms with Gasteiger partial charge in [-0.2, -0.15) is 0 Å². The third kappa shape index (κ3) is 7.48. The van der Waals surface area contributed by atoms with Gasteiger partial charge in [0.15, 0.2) is 10.8 Å². The summed E-state index contributed by atoms with van der Waals surface area (Å²) < 4.78 is 1.44. The molecule has 1 unspecified atom stereocenters. The number of aromatic nitrogens is 5. The lowest BCUT2D eigenvalue weighted by atomic mass is 10.0. The number of carbonyl (C=O) groups is 5. The second-order valence-corrected chi connectivity index (χ2v) is 12.8. The maximum atomic E-state index is 13.4. The number of rotatable bonds is 14. The monoisotopic (exact) mass is 722 g/mol. The molecule has 2 atom stereocenters. The van der Waals surface area contributed by atoms with E-state index in [2.05, 4.69) is 41.6 Å². The van der Waals surface area contributed by atoms with Crippen LogP contribution < -0.4 is 16.0 Å². The highest BCUT2D eigenvalue weighted by Gasteiger charge is 2.54. The van der Waals surface area contributed by atoms with Crippen molar-refractivity contribution in [3.8, 4) is 5.75 Å². The molecule has 47 heavy (non-hydrogen) atoms. The summed E-state index contributed by atoms with van der Waals surface area (Å²) in [5, 5.41) is 44.0. The van der Waals surface area contributed by atoms with Crippen LogP contribution in [0.5, 0.6) is 5.75 Å². The van der Waals surface area contributed by atoms with Gasteiger partial charge in [-0.15, -0.1) is 28.2 Å². The largest absolute Gasteiger partial charge is 0.507 e. The van der Waals surface area contributed by atoms with E-state index < -0.39 is 35.1 Å². The van der Waals surface area contributed by atoms with Crippen molar-refractivity contribution in [1.29, 1.82) is 0 Å². The van der Waals surface area contributed by atoms with Crippen LogP contribution in [0.1, 0.15) is 16.1 Å². The molecule has 4 heterocycles. The van der Waals surface area contributed by atoms with E-state index in [0.717, 1.165) is 16.2 Å². The topological polar surface area (TPSA) is 243 Å². The highest BCUT2D eigenvalue weighted by molar-refractivity contribution is 8.01. The van der Waals surface area contributed by atoms with Crippen molar-refractivity contribution in [2.75, 3.05) is 30.0 Å². The number of phenolic OH excluding ortho intramolecular Hbond substituents is 1. The summed E-state index contributed by atoms with van der Waals surface area (Å²) >= 11 is 9.40. The van der Waals surface area contributed by atoms with Crippen molar-refractivity contribution in [1.82, 2.24) is 40.7 Å². The highest BCUT2D eigenvalue weighted by Crippen LogP contribution is 2.41. The number of benzene rings is 1. The maximum Gasteiger partial charge on any atom is 0.352 e. The van der Waals surface area contributed by atoms with Crippen molar-refractivity contribution in [3.05, 3.63) is 51.1 Å². The minimum Gasteiger partial charge on any atom is -0.507 e. The number of hydrogen-bond acceptors (Lipinski definition) is 15. The van der Waals surface area contributed by atoms with E-state index in [1.165, 1.54) is 51.8 Å². The first-order valence-corrected chi connectivity index (χ1v) is 16.6. The number of aliphatic carboxylic acids is 1. The molecule has 2 aliphatic heterocycles. The number of thiazole rings is 1. The number of β-lactam (4-membered cyclic amide) rings is 1. The summed E-state index contributed by atoms with van der Waals surface area (Å²) in [6.45, 7) is -0.287. The fourth-order valence-electron chi connectivity index (χ4n) is 4.31. The number of carboxylic acids is 1. The fraction of sp³-hybridized carbons (Fsp3) is 0.280. The molecule has 0 bridgehead atoms. The predicted molar refractivity (Wildman–Crippen MR) is 169 cm³/mol. The molecule has 0 saturated carbocycles. The number of anilines is 1. The van der Waals surface area contributed by atoms with Gasteiger partial charge in [-0.3, -0.25) is 24.1 Å². The van der Waals surface area contributed by atoms with E-state index in [4.69, 9.17) is 16.4 Å². The van der Waals surface area contributed by atoms with Gasteiger partial charge >= 0.3 is 5.97 Å². The molecule has 18 nitrogen and oxygen atoms in total. The number of amides is 4. The molecule has 0 spiro atoms. The van der Waals surface area contributed by atoms with Crippen molar-refractivity contribution < 1.29 is 39.0 Å². The van der Waals surface area contributed by atoms with Crippen molar-refractivity contribution in [2.24, 2.45) is 12.2 Å². The molecule has 246 valence electrons. The summed E-state index contributed by atoms with van der Waals surface area (Å²) in [7, 11) is 1.65. The molecular weight excluding hydrogens is 700 g/mol. The van der Waals surface area contributed by atoms with Crippen LogP contribution in [0.4, 0.5) is 5.13 Å². The van der Waals surface area contributed by atoms with Crippen LogP contribution in [0, 0.1) is 0 Å². The zero-order chi connectivity index (χ0) is 33.7. The summed E-state index contributed by atoms with van der Waals surface area (Å²) in [5.74, 6) is -3.16. The molecule has 0 aliphatic carbocycles. The molecule has 3 aromatic rings. The van der Waals surface area contributed by atoms with Gasteiger partial charge < -0.3 is 31.0 Å². The molecular formula is C25H23ClN10O8S3. The number of aryl methyl sites for hydroxylation is 1. The number of nitrogens with zero attached hydrogens (tertiary/aromatic N) is 7. The lowest BCUT2D eigenvalue weighted by molar-refractivity contribution is -0.150. The lowest BCUT2D eigenvalue weighted by Crippen LogP contribution is -2.71. The third-order valence-corrected chi connectivity index (χ3v) is 9.92. The van der Waals surface area contributed by atoms with Gasteiger partial charge in [0.05, 0.1) is 12.1 Å². The molecule has 4 amide bonds. The zero-order valence-corrected chi connectivity index (χ0v) is 27.2. The Balaban J connectivity index is 1.25. The van der Waals surface area contributed by atoms with Crippen LogP contribution in [-0.2, 0) is 31.1 Å². The third-order valence-electron chi connectivity index (χ3n) is 6.48. The average Bonchev–Trinajstić information content (AvgIpc) is 3.69. The Kier molecular flexibility index (Phi) is 10.6. The number of tetrazole rings is 1. The minimum absolute atomic E-state index is 0.0216. The molecule has 2 aromatic heterocycles. The number of halogens is 1. The normalized spacial score (nSPS) is 17.4. The fourth-order valence-corrected chi connectivity index (χ4v) is 7.47. The predicted octanol–water partition coefficient (Wildman–Crippen LogP) is 0.276. The van der Waals surface area contributed by atoms with Crippen LogP contribution in [0.2, 0.25) is 5.02 Å². The number of hydrogen-bond donors (Lipinski definition) is 5. The molecule has 1 aromatic carbocycles. The maximum absolute atomic E-state index is 13.4. The van der Waals surface area contributed by atoms with Crippen LogP contribution >= 0.6 is 46.5 Å². The number of phenols is 1. The summed E-state index contributed by atoms with van der Waals surface area (Å²) in [4.78, 5) is 72.6. The van der Waals surface area contributed by atoms with Gasteiger partial charge in [0, 0.05) is 29.0 Å². The van der Waals surface area contributed by atoms with Crippen LogP contribution in [0.25, 0.3) is 0 Å². The Morgan fingerprint density at radius 1 is 1.32 bits per heavy atom. The number of aromatic hydroxyl groups is 1. The van der Waals surface area contributed by atoms with Gasteiger partial charge in [0.25, 0.3) is 17.7 Å². The second-order valence-electron chi connectivity index (χ2n) is 9.48. The first kappa shape index (κ1) is 33.6. The van der Waals surface area contributed by atoms with Crippen molar-refractivity contribution in [2.45, 2.75) is 16.6 Å². The number of nitrogens with one attached hydrogen (secondary N) is 3. The smallest absolute Gasteiger partial charge is 0.352 e. The minimum atomic E-state index is -1.29. The Hall–Kier alpha value is -4.73. The number of carboxylic acid groups (broad SMARTS) is 1. The van der Waals surface area contributed by atoms with Crippen molar-refractivity contribution >= 4 is 87.4 Å². The molecule has 1 saturated heterocycles. The second kappa shape index (κ2) is 14.8. The number of oxime groups is 1. The highest BCUT2D eigenvalue weighted by atomic mass is 35.5. The van der Waals surface area contributed by atoms with Gasteiger partial charge in [0.2, 0.25) is 11.6 Å². The first-order valence-electron chi connectivity index (χ1n) is 13.3. The van der Waals surface area contributed by atoms with E-state index in [0.29, 0.717) is 17.1 Å². The van der Waals surface area contributed by atoms with Crippen LogP contribution in [0.15, 0.2) is 45.2 Å².